The first kappa shape index (κ1) is 10.4. The van der Waals surface area contributed by atoms with Crippen molar-refractivity contribution in [2.24, 2.45) is 0 Å². The smallest absolute Gasteiger partial charge is 0.0622 e. The zero-order valence-corrected chi connectivity index (χ0v) is 7.26. The Kier molecular flexibility index (Phi) is 7.11. The van der Waals surface area contributed by atoms with Gasteiger partial charge in [0.05, 0.1) is 12.7 Å². The molecule has 0 heterocycles. The van der Waals surface area contributed by atoms with E-state index in [1.807, 2.05) is 0 Å². The molecule has 11 heavy (non-hydrogen) atoms. The molecule has 0 saturated heterocycles. The van der Waals surface area contributed by atoms with Crippen molar-refractivity contribution in [2.75, 3.05) is 20.3 Å². The van der Waals surface area contributed by atoms with Gasteiger partial charge >= 0.3 is 0 Å². The van der Waals surface area contributed by atoms with Crippen LogP contribution in [0.2, 0.25) is 0 Å². The van der Waals surface area contributed by atoms with Gasteiger partial charge in [-0.25, -0.2) is 0 Å². The normalized spacial score (nSPS) is 12.5. The Bertz CT molecular complexity index is 120. The van der Waals surface area contributed by atoms with Crippen molar-refractivity contribution < 1.29 is 4.74 Å². The Labute approximate surface area is 68.3 Å². The van der Waals surface area contributed by atoms with Gasteiger partial charge in [-0.2, -0.15) is 5.26 Å². The highest BCUT2D eigenvalue weighted by Gasteiger charge is 1.97. The molecule has 0 aliphatic rings. The summed E-state index contributed by atoms with van der Waals surface area (Å²) in [6.07, 6.45) is 1.55. The maximum Gasteiger partial charge on any atom is 0.0622 e. The monoisotopic (exact) mass is 156 g/mol. The van der Waals surface area contributed by atoms with Gasteiger partial charge in [-0.3, -0.25) is 0 Å². The predicted octanol–water partition coefficient (Wildman–Crippen LogP) is 0.915. The van der Waals surface area contributed by atoms with E-state index in [1.54, 1.807) is 7.11 Å². The Hall–Kier alpha value is -0.590. The van der Waals surface area contributed by atoms with Crippen LogP contribution in [0, 0.1) is 11.3 Å². The lowest BCUT2D eigenvalue weighted by molar-refractivity contribution is 0.172. The molecular weight excluding hydrogens is 140 g/mol. The minimum atomic E-state index is 0.388. The molecule has 0 aliphatic heterocycles. The summed E-state index contributed by atoms with van der Waals surface area (Å²) in [7, 11) is 1.69. The largest absolute Gasteiger partial charge is 0.383 e. The van der Waals surface area contributed by atoms with Crippen LogP contribution in [0.3, 0.4) is 0 Å². The van der Waals surface area contributed by atoms with Crippen molar-refractivity contribution in [1.29, 1.82) is 5.26 Å². The number of hydrogen-bond donors (Lipinski definition) is 1. The van der Waals surface area contributed by atoms with E-state index in [4.69, 9.17) is 10.00 Å². The first-order valence-corrected chi connectivity index (χ1v) is 3.90. The van der Waals surface area contributed by atoms with Gasteiger partial charge in [-0.1, -0.05) is 0 Å². The molecule has 0 spiro atoms. The predicted molar refractivity (Wildman–Crippen MR) is 44.2 cm³/mol. The average Bonchev–Trinajstić information content (AvgIpc) is 1.99. The van der Waals surface area contributed by atoms with Crippen molar-refractivity contribution in [3.8, 4) is 6.07 Å². The van der Waals surface area contributed by atoms with Gasteiger partial charge in [-0.15, -0.1) is 0 Å². The van der Waals surface area contributed by atoms with E-state index < -0.39 is 0 Å². The van der Waals surface area contributed by atoms with Crippen LogP contribution in [0.15, 0.2) is 0 Å². The van der Waals surface area contributed by atoms with E-state index in [0.717, 1.165) is 19.6 Å². The summed E-state index contributed by atoms with van der Waals surface area (Å²) in [5.74, 6) is 0. The van der Waals surface area contributed by atoms with E-state index in [1.165, 1.54) is 0 Å². The lowest BCUT2D eigenvalue weighted by atomic mass is 10.3. The molecule has 0 aliphatic carbocycles. The molecule has 0 radical (unpaired) electrons. The fraction of sp³-hybridized carbons (Fsp3) is 0.875. The minimum Gasteiger partial charge on any atom is -0.383 e. The van der Waals surface area contributed by atoms with Crippen LogP contribution in [-0.4, -0.2) is 26.3 Å². The van der Waals surface area contributed by atoms with Crippen LogP contribution >= 0.6 is 0 Å². The van der Waals surface area contributed by atoms with E-state index in [9.17, 15) is 0 Å². The van der Waals surface area contributed by atoms with Crippen LogP contribution in [0.25, 0.3) is 0 Å². The van der Waals surface area contributed by atoms with Gasteiger partial charge in [-0.05, 0) is 19.9 Å². The molecule has 1 atom stereocenters. The van der Waals surface area contributed by atoms with Crippen molar-refractivity contribution in [1.82, 2.24) is 5.32 Å². The number of unbranched alkanes of at least 4 members (excludes halogenated alkanes) is 1. The fourth-order valence-corrected chi connectivity index (χ4v) is 0.825. The molecule has 0 aromatic rings. The standard InChI is InChI=1S/C8H16N2O/c1-8(7-11-2)10-6-4-3-5-9/h8,10H,3-4,6-7H2,1-2H3. The van der Waals surface area contributed by atoms with Gasteiger partial charge in [0, 0.05) is 19.6 Å². The summed E-state index contributed by atoms with van der Waals surface area (Å²) in [6.45, 7) is 3.69. The van der Waals surface area contributed by atoms with E-state index >= 15 is 0 Å². The quantitative estimate of drug-likeness (QED) is 0.581. The Morgan fingerprint density at radius 3 is 2.91 bits per heavy atom. The Balaban J connectivity index is 3.05. The second-order valence-electron chi connectivity index (χ2n) is 2.57. The second kappa shape index (κ2) is 7.52. The van der Waals surface area contributed by atoms with E-state index in [0.29, 0.717) is 12.5 Å². The van der Waals surface area contributed by atoms with Crippen molar-refractivity contribution in [3.05, 3.63) is 0 Å². The Morgan fingerprint density at radius 1 is 1.64 bits per heavy atom. The molecular formula is C8H16N2O. The summed E-state index contributed by atoms with van der Waals surface area (Å²) >= 11 is 0. The van der Waals surface area contributed by atoms with Crippen LogP contribution < -0.4 is 5.32 Å². The van der Waals surface area contributed by atoms with Gasteiger partial charge in [0.15, 0.2) is 0 Å². The highest BCUT2D eigenvalue weighted by atomic mass is 16.5. The van der Waals surface area contributed by atoms with Gasteiger partial charge in [0.2, 0.25) is 0 Å². The summed E-state index contributed by atoms with van der Waals surface area (Å²) in [5, 5.41) is 11.5. The van der Waals surface area contributed by atoms with Gasteiger partial charge in [0.25, 0.3) is 0 Å². The number of rotatable bonds is 6. The van der Waals surface area contributed by atoms with E-state index in [2.05, 4.69) is 18.3 Å². The third-order valence-corrected chi connectivity index (χ3v) is 1.37. The Morgan fingerprint density at radius 2 is 2.36 bits per heavy atom. The summed E-state index contributed by atoms with van der Waals surface area (Å²) < 4.78 is 4.93. The van der Waals surface area contributed by atoms with Crippen LogP contribution in [0.4, 0.5) is 0 Å². The molecule has 3 nitrogen and oxygen atoms in total. The molecule has 0 saturated carbocycles. The number of nitrogens with zero attached hydrogens (tertiary/aromatic N) is 1. The average molecular weight is 156 g/mol. The maximum atomic E-state index is 8.23. The number of nitrogens with one attached hydrogen (secondary N) is 1. The van der Waals surface area contributed by atoms with Gasteiger partial charge < -0.3 is 10.1 Å². The molecule has 64 valence electrons. The zero-order valence-electron chi connectivity index (χ0n) is 7.26. The SMILES string of the molecule is COCC(C)NCCCC#N. The highest BCUT2D eigenvalue weighted by Crippen LogP contribution is 1.86. The summed E-state index contributed by atoms with van der Waals surface area (Å²) in [6, 6.07) is 2.49. The third kappa shape index (κ3) is 7.31. The molecule has 3 heteroatoms. The maximum absolute atomic E-state index is 8.23. The summed E-state index contributed by atoms with van der Waals surface area (Å²) in [5.41, 5.74) is 0. The first-order valence-electron chi connectivity index (χ1n) is 3.90. The number of nitriles is 1. The zero-order chi connectivity index (χ0) is 8.53. The highest BCUT2D eigenvalue weighted by molar-refractivity contribution is 4.69. The lowest BCUT2D eigenvalue weighted by Gasteiger charge is -2.10. The molecule has 0 bridgehead atoms. The van der Waals surface area contributed by atoms with Gasteiger partial charge in [0.1, 0.15) is 0 Å². The molecule has 0 fully saturated rings. The fourth-order valence-electron chi connectivity index (χ4n) is 0.825. The molecule has 0 amide bonds. The molecule has 0 rings (SSSR count). The van der Waals surface area contributed by atoms with Crippen LogP contribution in [0.1, 0.15) is 19.8 Å². The number of hydrogen-bond acceptors (Lipinski definition) is 3. The number of methoxy groups -OCH3 is 1. The second-order valence-corrected chi connectivity index (χ2v) is 2.57. The lowest BCUT2D eigenvalue weighted by Crippen LogP contribution is -2.30. The first-order chi connectivity index (χ1) is 5.31. The van der Waals surface area contributed by atoms with E-state index in [-0.39, 0.29) is 0 Å². The van der Waals surface area contributed by atoms with Crippen LogP contribution in [0.5, 0.6) is 0 Å². The molecule has 1 unspecified atom stereocenters. The molecule has 1 N–H and O–H groups in total. The molecule has 0 aromatic carbocycles. The van der Waals surface area contributed by atoms with Crippen molar-refractivity contribution in [3.63, 3.8) is 0 Å². The van der Waals surface area contributed by atoms with Crippen molar-refractivity contribution >= 4 is 0 Å². The summed E-state index contributed by atoms with van der Waals surface area (Å²) in [4.78, 5) is 0. The third-order valence-electron chi connectivity index (χ3n) is 1.37. The molecule has 0 aromatic heterocycles. The van der Waals surface area contributed by atoms with Crippen molar-refractivity contribution in [2.45, 2.75) is 25.8 Å². The topological polar surface area (TPSA) is 45.0 Å². The minimum absolute atomic E-state index is 0.388. The van der Waals surface area contributed by atoms with Crippen LogP contribution in [-0.2, 0) is 4.74 Å². The number of ether oxygens (including phenoxy) is 1.